The van der Waals surface area contributed by atoms with Gasteiger partial charge in [0.2, 0.25) is 10.0 Å². The number of halogens is 1. The highest BCUT2D eigenvalue weighted by molar-refractivity contribution is 9.11. The van der Waals surface area contributed by atoms with Crippen molar-refractivity contribution in [3.05, 3.63) is 32.3 Å². The van der Waals surface area contributed by atoms with Crippen LogP contribution in [0.4, 0.5) is 0 Å². The Labute approximate surface area is 136 Å². The van der Waals surface area contributed by atoms with Gasteiger partial charge in [0.05, 0.1) is 16.0 Å². The maximum absolute atomic E-state index is 12.3. The fourth-order valence-electron chi connectivity index (χ4n) is 1.66. The van der Waals surface area contributed by atoms with Crippen molar-refractivity contribution in [3.8, 4) is 0 Å². The van der Waals surface area contributed by atoms with Crippen molar-refractivity contribution in [1.29, 1.82) is 0 Å². The van der Waals surface area contributed by atoms with Crippen molar-refractivity contribution in [2.24, 2.45) is 0 Å². The van der Waals surface area contributed by atoms with Crippen molar-refractivity contribution in [2.45, 2.75) is 31.8 Å². The topological polar surface area (TPSA) is 84.2 Å². The molecule has 116 valence electrons. The molecule has 0 aliphatic carbocycles. The van der Waals surface area contributed by atoms with Crippen LogP contribution in [0.2, 0.25) is 0 Å². The van der Waals surface area contributed by atoms with Crippen molar-refractivity contribution < 1.29 is 12.9 Å². The third-order valence-corrected chi connectivity index (χ3v) is 6.32. The second-order valence-corrected chi connectivity index (χ2v) is 8.57. The molecule has 2 N–H and O–H groups in total. The summed E-state index contributed by atoms with van der Waals surface area (Å²) in [6.45, 7) is 5.35. The summed E-state index contributed by atoms with van der Waals surface area (Å²) in [6.07, 6.45) is 0. The van der Waals surface area contributed by atoms with E-state index in [1.54, 1.807) is 19.1 Å². The molecule has 0 unspecified atom stereocenters. The van der Waals surface area contributed by atoms with Gasteiger partial charge in [-0.15, -0.1) is 11.3 Å². The zero-order valence-corrected chi connectivity index (χ0v) is 14.9. The van der Waals surface area contributed by atoms with Crippen LogP contribution >= 0.6 is 27.3 Å². The Morgan fingerprint density at radius 2 is 2.14 bits per heavy atom. The minimum Gasteiger partial charge on any atom is -0.361 e. The van der Waals surface area contributed by atoms with E-state index in [2.05, 4.69) is 31.1 Å². The number of rotatable bonds is 7. The molecule has 0 radical (unpaired) electrons. The van der Waals surface area contributed by atoms with E-state index in [0.717, 1.165) is 11.4 Å². The summed E-state index contributed by atoms with van der Waals surface area (Å²) in [5.41, 5.74) is 0.551. The highest BCUT2D eigenvalue weighted by Crippen LogP contribution is 2.31. The smallest absolute Gasteiger partial charge is 0.242 e. The average Bonchev–Trinajstić information content (AvgIpc) is 3.00. The van der Waals surface area contributed by atoms with Crippen molar-refractivity contribution >= 4 is 37.3 Å². The molecule has 0 fully saturated rings. The lowest BCUT2D eigenvalue weighted by molar-refractivity contribution is 0.390. The standard InChI is InChI=1S/C12H16BrN3O3S2/c1-3-14-7-10-5-11(12(13)20-10)21(17,18)15-6-9-4-8(2)19-16-9/h4-5,14-15H,3,6-7H2,1-2H3. The van der Waals surface area contributed by atoms with Gasteiger partial charge in [0, 0.05) is 17.5 Å². The minimum atomic E-state index is -3.58. The second-order valence-electron chi connectivity index (χ2n) is 4.38. The molecule has 2 rings (SSSR count). The Balaban J connectivity index is 2.09. The molecule has 21 heavy (non-hydrogen) atoms. The van der Waals surface area contributed by atoms with Crippen LogP contribution in [-0.4, -0.2) is 20.1 Å². The summed E-state index contributed by atoms with van der Waals surface area (Å²) in [6, 6.07) is 3.37. The molecule has 2 heterocycles. The van der Waals surface area contributed by atoms with Crippen LogP contribution in [0.25, 0.3) is 0 Å². The maximum Gasteiger partial charge on any atom is 0.242 e. The van der Waals surface area contributed by atoms with E-state index in [0.29, 0.717) is 21.8 Å². The average molecular weight is 394 g/mol. The summed E-state index contributed by atoms with van der Waals surface area (Å²) >= 11 is 4.72. The zero-order chi connectivity index (χ0) is 15.5. The number of aromatic nitrogens is 1. The molecule has 0 saturated carbocycles. The molecule has 2 aromatic heterocycles. The molecule has 0 bridgehead atoms. The van der Waals surface area contributed by atoms with Crippen molar-refractivity contribution in [1.82, 2.24) is 15.2 Å². The Kier molecular flexibility index (Phi) is 5.55. The summed E-state index contributed by atoms with van der Waals surface area (Å²) in [5.74, 6) is 0.647. The van der Waals surface area contributed by atoms with Gasteiger partial charge in [0.1, 0.15) is 10.7 Å². The highest BCUT2D eigenvalue weighted by Gasteiger charge is 2.21. The predicted molar refractivity (Wildman–Crippen MR) is 84.7 cm³/mol. The first kappa shape index (κ1) is 16.6. The lowest BCUT2D eigenvalue weighted by atomic mass is 10.4. The first-order chi connectivity index (χ1) is 9.92. The molecular weight excluding hydrogens is 378 g/mol. The van der Waals surface area contributed by atoms with Gasteiger partial charge in [-0.1, -0.05) is 12.1 Å². The van der Waals surface area contributed by atoms with Gasteiger partial charge < -0.3 is 9.84 Å². The van der Waals surface area contributed by atoms with E-state index >= 15 is 0 Å². The van der Waals surface area contributed by atoms with E-state index < -0.39 is 10.0 Å². The quantitative estimate of drug-likeness (QED) is 0.754. The number of thiophene rings is 1. The molecule has 0 saturated heterocycles. The Morgan fingerprint density at radius 3 is 2.76 bits per heavy atom. The Bertz CT molecular complexity index is 709. The van der Waals surface area contributed by atoms with Gasteiger partial charge in [-0.3, -0.25) is 0 Å². The van der Waals surface area contributed by atoms with Crippen molar-refractivity contribution in [3.63, 3.8) is 0 Å². The first-order valence-corrected chi connectivity index (χ1v) is 9.42. The normalized spacial score (nSPS) is 12.0. The molecule has 0 atom stereocenters. The number of nitrogens with zero attached hydrogens (tertiary/aromatic N) is 1. The largest absolute Gasteiger partial charge is 0.361 e. The first-order valence-electron chi connectivity index (χ1n) is 6.33. The number of hydrogen-bond acceptors (Lipinski definition) is 6. The minimum absolute atomic E-state index is 0.102. The van der Waals surface area contributed by atoms with E-state index in [1.807, 2.05) is 6.92 Å². The van der Waals surface area contributed by atoms with Crippen LogP contribution < -0.4 is 10.0 Å². The third-order valence-electron chi connectivity index (χ3n) is 2.67. The molecule has 0 amide bonds. The van der Waals surface area contributed by atoms with Crippen LogP contribution in [0.5, 0.6) is 0 Å². The lowest BCUT2D eigenvalue weighted by Gasteiger charge is -2.03. The summed E-state index contributed by atoms with van der Waals surface area (Å²) in [7, 11) is -3.58. The van der Waals surface area contributed by atoms with Crippen LogP contribution in [-0.2, 0) is 23.1 Å². The van der Waals surface area contributed by atoms with Gasteiger partial charge in [-0.05, 0) is 35.5 Å². The van der Waals surface area contributed by atoms with Crippen LogP contribution in [0.3, 0.4) is 0 Å². The van der Waals surface area contributed by atoms with E-state index in [9.17, 15) is 8.42 Å². The van der Waals surface area contributed by atoms with E-state index in [1.165, 1.54) is 11.3 Å². The highest BCUT2D eigenvalue weighted by atomic mass is 79.9. The van der Waals surface area contributed by atoms with Gasteiger partial charge in [0.15, 0.2) is 0 Å². The third kappa shape index (κ3) is 4.36. The number of hydrogen-bond donors (Lipinski definition) is 2. The molecule has 9 heteroatoms. The second kappa shape index (κ2) is 7.01. The van der Waals surface area contributed by atoms with Gasteiger partial charge in [-0.25, -0.2) is 13.1 Å². The molecular formula is C12H16BrN3O3S2. The van der Waals surface area contributed by atoms with Gasteiger partial charge >= 0.3 is 0 Å². The summed E-state index contributed by atoms with van der Waals surface area (Å²) < 4.78 is 32.6. The predicted octanol–water partition coefficient (Wildman–Crippen LogP) is 2.40. The molecule has 6 nitrogen and oxygen atoms in total. The Hall–Kier alpha value is -0.740. The molecule has 0 aliphatic heterocycles. The van der Waals surface area contributed by atoms with Gasteiger partial charge in [0.25, 0.3) is 0 Å². The van der Waals surface area contributed by atoms with Crippen LogP contribution in [0.15, 0.2) is 25.3 Å². The van der Waals surface area contributed by atoms with Crippen molar-refractivity contribution in [2.75, 3.05) is 6.54 Å². The van der Waals surface area contributed by atoms with E-state index in [-0.39, 0.29) is 11.4 Å². The molecule has 0 spiro atoms. The van der Waals surface area contributed by atoms with Gasteiger partial charge in [-0.2, -0.15) is 0 Å². The number of nitrogens with one attached hydrogen (secondary N) is 2. The maximum atomic E-state index is 12.3. The summed E-state index contributed by atoms with van der Waals surface area (Å²) in [4.78, 5) is 1.21. The molecule has 0 aliphatic rings. The SMILES string of the molecule is CCNCc1cc(S(=O)(=O)NCc2cc(C)on2)c(Br)s1. The number of aryl methyl sites for hydroxylation is 1. The fourth-order valence-corrected chi connectivity index (χ4v) is 5.31. The Morgan fingerprint density at radius 1 is 1.38 bits per heavy atom. The van der Waals surface area contributed by atoms with Crippen LogP contribution in [0.1, 0.15) is 23.3 Å². The monoisotopic (exact) mass is 393 g/mol. The number of sulfonamides is 1. The fraction of sp³-hybridized carbons (Fsp3) is 0.417. The van der Waals surface area contributed by atoms with E-state index in [4.69, 9.17) is 4.52 Å². The lowest BCUT2D eigenvalue weighted by Crippen LogP contribution is -2.23. The van der Waals surface area contributed by atoms with Crippen LogP contribution in [0, 0.1) is 6.92 Å². The zero-order valence-electron chi connectivity index (χ0n) is 11.6. The summed E-state index contributed by atoms with van der Waals surface area (Å²) in [5, 5.41) is 6.93. The molecule has 2 aromatic rings. The molecule has 0 aromatic carbocycles.